The Bertz CT molecular complexity index is 2090. The molecule has 2 amide bonds. The highest BCUT2D eigenvalue weighted by Crippen LogP contribution is 2.30. The molecule has 2 aromatic heterocycles. The number of halogens is 2. The van der Waals surface area contributed by atoms with Gasteiger partial charge in [-0.1, -0.05) is 36.8 Å². The SMILES string of the molecule is O=C(CCCCCNC(=O)COc1ccc(/C=C/C2=NC(=C\c3ccc(-c4cccs4)n3B(F)F)/C=C2)cc1)NCCOCCOCCNC[C@H](O)c1ccc(O)c(O)c1. The Balaban J connectivity index is 0.843. The molecule has 0 saturated heterocycles. The van der Waals surface area contributed by atoms with Gasteiger partial charge in [0.2, 0.25) is 5.91 Å². The number of carbonyl (C=O) groups excluding carboxylic acids is 2. The molecule has 1 atom stereocenters. The highest BCUT2D eigenvalue weighted by Gasteiger charge is 2.24. The van der Waals surface area contributed by atoms with Crippen LogP contribution in [0.5, 0.6) is 17.2 Å². The van der Waals surface area contributed by atoms with Gasteiger partial charge in [-0.15, -0.1) is 11.3 Å². The highest BCUT2D eigenvalue weighted by molar-refractivity contribution is 7.13. The molecular weight excluding hydrogens is 795 g/mol. The number of aromatic nitrogens is 1. The lowest BCUT2D eigenvalue weighted by Crippen LogP contribution is -2.29. The molecule has 13 nitrogen and oxygen atoms in total. The number of aliphatic hydroxyl groups excluding tert-OH is 1. The molecule has 4 aromatic rings. The summed E-state index contributed by atoms with van der Waals surface area (Å²) < 4.78 is 45.5. The molecule has 5 rings (SSSR count). The number of aliphatic hydroxyl groups is 1. The van der Waals surface area contributed by atoms with E-state index in [0.29, 0.717) is 93.0 Å². The number of carbonyl (C=O) groups is 2. The van der Waals surface area contributed by atoms with Gasteiger partial charge in [0, 0.05) is 43.2 Å². The summed E-state index contributed by atoms with van der Waals surface area (Å²) >= 11 is 1.41. The molecule has 0 aliphatic carbocycles. The van der Waals surface area contributed by atoms with Crippen molar-refractivity contribution in [2.45, 2.75) is 31.8 Å². The second-order valence-electron chi connectivity index (χ2n) is 13.6. The van der Waals surface area contributed by atoms with Crippen molar-refractivity contribution < 1.29 is 47.8 Å². The van der Waals surface area contributed by atoms with Crippen LogP contribution in [0.25, 0.3) is 22.7 Å². The van der Waals surface area contributed by atoms with Crippen LogP contribution < -0.4 is 20.7 Å². The van der Waals surface area contributed by atoms with E-state index >= 15 is 0 Å². The maximum atomic E-state index is 13.9. The smallest absolute Gasteiger partial charge is 0.504 e. The molecule has 0 fully saturated rings. The first-order valence-electron chi connectivity index (χ1n) is 19.7. The third-order valence-corrected chi connectivity index (χ3v) is 9.97. The molecule has 1 aliphatic rings. The lowest BCUT2D eigenvalue weighted by Gasteiger charge is -2.13. The van der Waals surface area contributed by atoms with Gasteiger partial charge in [-0.25, -0.2) is 4.99 Å². The topological polar surface area (TPSA) is 176 Å². The van der Waals surface area contributed by atoms with Gasteiger partial charge in [-0.3, -0.25) is 18.2 Å². The van der Waals surface area contributed by atoms with Crippen LogP contribution in [0.4, 0.5) is 8.63 Å². The van der Waals surface area contributed by atoms with Crippen molar-refractivity contribution in [1.29, 1.82) is 0 Å². The number of phenols is 2. The van der Waals surface area contributed by atoms with E-state index in [1.165, 1.54) is 23.5 Å². The maximum Gasteiger partial charge on any atom is 0.678 e. The summed E-state index contributed by atoms with van der Waals surface area (Å²) in [6.45, 7) is 3.10. The molecule has 0 radical (unpaired) electrons. The largest absolute Gasteiger partial charge is 0.678 e. The Morgan fingerprint density at radius 2 is 1.63 bits per heavy atom. The summed E-state index contributed by atoms with van der Waals surface area (Å²) in [5, 5.41) is 39.6. The second kappa shape index (κ2) is 24.5. The monoisotopic (exact) mass is 845 g/mol. The molecule has 0 saturated carbocycles. The van der Waals surface area contributed by atoms with Crippen LogP contribution in [0.3, 0.4) is 0 Å². The van der Waals surface area contributed by atoms with Crippen molar-refractivity contribution >= 4 is 48.4 Å². The van der Waals surface area contributed by atoms with E-state index in [4.69, 9.17) is 14.2 Å². The summed E-state index contributed by atoms with van der Waals surface area (Å²) in [5.74, 6) is -0.260. The maximum absolute atomic E-state index is 13.9. The zero-order valence-corrected chi connectivity index (χ0v) is 33.9. The van der Waals surface area contributed by atoms with Crippen LogP contribution >= 0.6 is 11.3 Å². The fraction of sp³-hybridized carbons (Fsp3) is 0.326. The summed E-state index contributed by atoms with van der Waals surface area (Å²) in [6, 6.07) is 18.5. The molecule has 2 aromatic carbocycles. The molecule has 60 heavy (non-hydrogen) atoms. The van der Waals surface area contributed by atoms with Crippen LogP contribution in [-0.2, 0) is 19.1 Å². The minimum atomic E-state index is -2.68. The van der Waals surface area contributed by atoms with Crippen LogP contribution in [0.2, 0.25) is 0 Å². The van der Waals surface area contributed by atoms with Crippen molar-refractivity contribution in [3.63, 3.8) is 0 Å². The molecule has 3 heterocycles. The van der Waals surface area contributed by atoms with E-state index in [0.717, 1.165) is 27.8 Å². The molecule has 318 valence electrons. The number of rotatable bonds is 26. The Labute approximate surface area is 352 Å². The van der Waals surface area contributed by atoms with Crippen LogP contribution in [0, 0.1) is 0 Å². The number of allylic oxidation sites excluding steroid dienone is 3. The van der Waals surface area contributed by atoms with E-state index in [1.54, 1.807) is 42.5 Å². The van der Waals surface area contributed by atoms with Crippen molar-refractivity contribution in [2.24, 2.45) is 4.99 Å². The van der Waals surface area contributed by atoms with Gasteiger partial charge >= 0.3 is 7.40 Å². The lowest BCUT2D eigenvalue weighted by atomic mass is 10.1. The van der Waals surface area contributed by atoms with E-state index in [-0.39, 0.29) is 36.5 Å². The number of thiophene rings is 1. The Morgan fingerprint density at radius 1 is 0.850 bits per heavy atom. The molecule has 0 spiro atoms. The third-order valence-electron chi connectivity index (χ3n) is 9.08. The van der Waals surface area contributed by atoms with Crippen molar-refractivity contribution in [1.82, 2.24) is 20.4 Å². The normalized spacial score (nSPS) is 13.5. The van der Waals surface area contributed by atoms with Gasteiger partial charge < -0.3 is 50.0 Å². The number of nitrogens with one attached hydrogen (secondary N) is 3. The van der Waals surface area contributed by atoms with Gasteiger partial charge in [0.05, 0.1) is 49.6 Å². The fourth-order valence-electron chi connectivity index (χ4n) is 5.94. The average molecular weight is 846 g/mol. The number of amides is 2. The number of ether oxygens (including phenoxy) is 3. The van der Waals surface area contributed by atoms with Crippen molar-refractivity contribution in [2.75, 3.05) is 59.2 Å². The zero-order valence-electron chi connectivity index (χ0n) is 33.1. The standard InChI is InChI=1S/C43H50BF2N5O8S/c45-44(46)51-35(14-17-37(51)41-5-4-26-60-41)28-34-13-12-33(50-34)11-7-31-8-15-36(16-9-31)59-30-43(56)48-19-3-1-2-6-42(55)49-21-23-58-25-24-57-22-20-47-29-40(54)32-10-18-38(52)39(53)27-32/h4-5,7-18,26-28,40,47,52-54H,1-3,6,19-25,29-30H2,(H,48,56)(H,49,55)/b11-7+,34-28-/t40-/m0/s1. The number of phenolic OH excluding ortho intramolecular Hbond substituents is 2. The second-order valence-corrected chi connectivity index (χ2v) is 14.5. The zero-order chi connectivity index (χ0) is 42.5. The van der Waals surface area contributed by atoms with E-state index in [1.807, 2.05) is 47.9 Å². The quantitative estimate of drug-likeness (QED) is 0.0252. The van der Waals surface area contributed by atoms with Crippen LogP contribution in [0.15, 0.2) is 101 Å². The van der Waals surface area contributed by atoms with Crippen LogP contribution in [-0.4, -0.2) is 104 Å². The molecule has 6 N–H and O–H groups in total. The van der Waals surface area contributed by atoms with E-state index < -0.39 is 13.5 Å². The molecule has 17 heteroatoms. The van der Waals surface area contributed by atoms with Crippen molar-refractivity contribution in [3.05, 3.63) is 113 Å². The Hall–Kier alpha value is -5.59. The summed E-state index contributed by atoms with van der Waals surface area (Å²) in [4.78, 5) is 29.7. The number of unbranched alkanes of at least 4 members (excludes halogenated alkanes) is 2. The van der Waals surface area contributed by atoms with Crippen molar-refractivity contribution in [3.8, 4) is 27.8 Å². The fourth-order valence-corrected chi connectivity index (χ4v) is 6.69. The van der Waals surface area contributed by atoms with Crippen LogP contribution in [0.1, 0.15) is 48.6 Å². The Kier molecular flexibility index (Phi) is 18.6. The van der Waals surface area contributed by atoms with Gasteiger partial charge in [0.25, 0.3) is 5.91 Å². The number of hydrogen-bond acceptors (Lipinski definition) is 11. The van der Waals surface area contributed by atoms with Gasteiger partial charge in [-0.05, 0) is 96.1 Å². The first kappa shape index (κ1) is 45.5. The van der Waals surface area contributed by atoms with E-state index in [2.05, 4.69) is 20.9 Å². The first-order chi connectivity index (χ1) is 29.2. The number of aliphatic imine (C=N–C) groups is 1. The molecule has 0 bridgehead atoms. The van der Waals surface area contributed by atoms with E-state index in [9.17, 15) is 33.5 Å². The summed E-state index contributed by atoms with van der Waals surface area (Å²) in [6.07, 6.45) is 10.7. The first-order valence-corrected chi connectivity index (χ1v) is 20.6. The number of benzene rings is 2. The minimum Gasteiger partial charge on any atom is -0.504 e. The lowest BCUT2D eigenvalue weighted by molar-refractivity contribution is -0.123. The number of nitrogens with zero attached hydrogens (tertiary/aromatic N) is 2. The predicted octanol–water partition coefficient (Wildman–Crippen LogP) is 5.99. The molecule has 0 unspecified atom stereocenters. The molecular formula is C43H50BF2N5O8S. The predicted molar refractivity (Wildman–Crippen MR) is 230 cm³/mol. The average Bonchev–Trinajstić information content (AvgIpc) is 4.03. The number of aromatic hydroxyl groups is 2. The van der Waals surface area contributed by atoms with Gasteiger partial charge in [-0.2, -0.15) is 0 Å². The third kappa shape index (κ3) is 15.2. The number of hydrogen-bond donors (Lipinski definition) is 6. The Morgan fingerprint density at radius 3 is 2.38 bits per heavy atom. The molecule has 1 aliphatic heterocycles. The summed E-state index contributed by atoms with van der Waals surface area (Å²) in [5.41, 5.74) is 3.49. The highest BCUT2D eigenvalue weighted by atomic mass is 32.1. The minimum absolute atomic E-state index is 0.0554. The van der Waals surface area contributed by atoms with Gasteiger partial charge in [0.1, 0.15) is 5.75 Å². The summed E-state index contributed by atoms with van der Waals surface area (Å²) in [7, 11) is -2.68. The van der Waals surface area contributed by atoms with Gasteiger partial charge in [0.15, 0.2) is 18.1 Å².